The van der Waals surface area contributed by atoms with E-state index in [1.165, 1.54) is 11.1 Å². The van der Waals surface area contributed by atoms with Crippen molar-refractivity contribution >= 4 is 0 Å². The number of hydrogen-bond acceptors (Lipinski definition) is 3. The van der Waals surface area contributed by atoms with Gasteiger partial charge in [0, 0.05) is 19.5 Å². The Kier molecular flexibility index (Phi) is 6.46. The Hall–Kier alpha value is -0.930. The number of ether oxygens (including phenoxy) is 1. The molecule has 1 heterocycles. The fourth-order valence-corrected chi connectivity index (χ4v) is 2.71. The lowest BCUT2D eigenvalue weighted by atomic mass is 9.83. The van der Waals surface area contributed by atoms with Gasteiger partial charge >= 0.3 is 0 Å². The van der Waals surface area contributed by atoms with E-state index in [0.29, 0.717) is 0 Å². The summed E-state index contributed by atoms with van der Waals surface area (Å²) in [6.07, 6.45) is 6.90. The predicted octanol–water partition coefficient (Wildman–Crippen LogP) is 3.64. The van der Waals surface area contributed by atoms with Crippen molar-refractivity contribution in [2.75, 3.05) is 13.7 Å². The smallest absolute Gasteiger partial charge is 0.0867 e. The highest BCUT2D eigenvalue weighted by Crippen LogP contribution is 2.35. The average Bonchev–Trinajstić information content (AvgIpc) is 2.45. The van der Waals surface area contributed by atoms with Crippen LogP contribution in [0.5, 0.6) is 0 Å². The summed E-state index contributed by atoms with van der Waals surface area (Å²) in [5.41, 5.74) is 2.36. The van der Waals surface area contributed by atoms with E-state index in [9.17, 15) is 0 Å². The van der Waals surface area contributed by atoms with E-state index < -0.39 is 0 Å². The molecule has 1 atom stereocenters. The molecule has 1 unspecified atom stereocenters. The second-order valence-electron chi connectivity index (χ2n) is 5.10. The van der Waals surface area contributed by atoms with Crippen molar-refractivity contribution in [1.29, 1.82) is 0 Å². The van der Waals surface area contributed by atoms with Gasteiger partial charge in [0.1, 0.15) is 0 Å². The van der Waals surface area contributed by atoms with Crippen LogP contribution >= 0.6 is 0 Å². The van der Waals surface area contributed by atoms with Gasteiger partial charge in [-0.1, -0.05) is 20.8 Å². The molecule has 0 amide bonds. The van der Waals surface area contributed by atoms with E-state index in [-0.39, 0.29) is 11.6 Å². The quantitative estimate of drug-likeness (QED) is 0.778. The average molecular weight is 264 g/mol. The second-order valence-corrected chi connectivity index (χ2v) is 5.10. The molecule has 3 nitrogen and oxygen atoms in total. The van der Waals surface area contributed by atoms with E-state index >= 15 is 0 Å². The highest BCUT2D eigenvalue weighted by molar-refractivity contribution is 5.28. The summed E-state index contributed by atoms with van der Waals surface area (Å²) in [5.74, 6) is 0. The molecule has 0 aliphatic heterocycles. The summed E-state index contributed by atoms with van der Waals surface area (Å²) < 4.78 is 5.91. The van der Waals surface area contributed by atoms with Crippen molar-refractivity contribution in [3.63, 3.8) is 0 Å². The van der Waals surface area contributed by atoms with Gasteiger partial charge in [-0.3, -0.25) is 4.98 Å². The van der Waals surface area contributed by atoms with Gasteiger partial charge in [-0.2, -0.15) is 0 Å². The zero-order valence-electron chi connectivity index (χ0n) is 13.0. The largest absolute Gasteiger partial charge is 0.376 e. The molecule has 1 aromatic heterocycles. The van der Waals surface area contributed by atoms with Crippen LogP contribution in [-0.2, 0) is 4.74 Å². The highest BCUT2D eigenvalue weighted by atomic mass is 16.5. The molecule has 3 heteroatoms. The van der Waals surface area contributed by atoms with E-state index in [1.54, 1.807) is 0 Å². The van der Waals surface area contributed by atoms with Crippen molar-refractivity contribution in [3.05, 3.63) is 29.6 Å². The maximum atomic E-state index is 5.91. The molecule has 0 aliphatic rings. The van der Waals surface area contributed by atoms with Crippen LogP contribution in [0, 0.1) is 6.92 Å². The molecule has 0 radical (unpaired) electrons. The number of aromatic nitrogens is 1. The third kappa shape index (κ3) is 3.54. The third-order valence-corrected chi connectivity index (χ3v) is 4.12. The molecule has 1 N–H and O–H groups in total. The first-order chi connectivity index (χ1) is 9.15. The Balaban J connectivity index is 3.17. The molecule has 0 aliphatic carbocycles. The number of pyridine rings is 1. The van der Waals surface area contributed by atoms with Crippen LogP contribution in [0.1, 0.15) is 57.2 Å². The van der Waals surface area contributed by atoms with Crippen LogP contribution in [-0.4, -0.2) is 24.2 Å². The summed E-state index contributed by atoms with van der Waals surface area (Å²) in [6, 6.07) is 2.27. The van der Waals surface area contributed by atoms with Gasteiger partial charge in [0.05, 0.1) is 11.6 Å². The van der Waals surface area contributed by atoms with E-state index in [0.717, 1.165) is 25.8 Å². The number of hydrogen-bond donors (Lipinski definition) is 1. The van der Waals surface area contributed by atoms with Crippen LogP contribution < -0.4 is 5.32 Å². The van der Waals surface area contributed by atoms with Gasteiger partial charge in [0.25, 0.3) is 0 Å². The first kappa shape index (κ1) is 16.1. The van der Waals surface area contributed by atoms with Gasteiger partial charge in [-0.05, 0) is 49.9 Å². The van der Waals surface area contributed by atoms with Crippen molar-refractivity contribution in [2.45, 2.75) is 58.6 Å². The van der Waals surface area contributed by atoms with Crippen LogP contribution in [0.15, 0.2) is 18.5 Å². The standard InChI is InChI=1S/C16H28N2O/c1-6-10-18-15(16(7-2,8-3)19-5)14-12-17-11-9-13(14)4/h9,11-12,15,18H,6-8,10H2,1-5H3. The Bertz CT molecular complexity index is 367. The van der Waals surface area contributed by atoms with Crippen LogP contribution in [0.3, 0.4) is 0 Å². The van der Waals surface area contributed by atoms with E-state index in [2.05, 4.69) is 44.1 Å². The van der Waals surface area contributed by atoms with Crippen molar-refractivity contribution in [3.8, 4) is 0 Å². The maximum absolute atomic E-state index is 5.91. The van der Waals surface area contributed by atoms with E-state index in [4.69, 9.17) is 4.74 Å². The van der Waals surface area contributed by atoms with Crippen LogP contribution in [0.25, 0.3) is 0 Å². The Morgan fingerprint density at radius 3 is 2.47 bits per heavy atom. The Morgan fingerprint density at radius 2 is 2.00 bits per heavy atom. The van der Waals surface area contributed by atoms with Crippen molar-refractivity contribution in [1.82, 2.24) is 10.3 Å². The second kappa shape index (κ2) is 7.61. The molecule has 19 heavy (non-hydrogen) atoms. The number of nitrogens with zero attached hydrogens (tertiary/aromatic N) is 1. The maximum Gasteiger partial charge on any atom is 0.0867 e. The monoisotopic (exact) mass is 264 g/mol. The zero-order valence-corrected chi connectivity index (χ0v) is 13.0. The molecule has 108 valence electrons. The number of nitrogens with one attached hydrogen (secondary N) is 1. The summed E-state index contributed by atoms with van der Waals surface area (Å²) >= 11 is 0. The molecule has 0 fully saturated rings. The lowest BCUT2D eigenvalue weighted by Gasteiger charge is -2.39. The summed E-state index contributed by atoms with van der Waals surface area (Å²) in [6.45, 7) is 9.71. The predicted molar refractivity (Wildman–Crippen MR) is 80.3 cm³/mol. The fraction of sp³-hybridized carbons (Fsp3) is 0.688. The SMILES string of the molecule is CCCNC(c1cnccc1C)C(CC)(CC)OC. The van der Waals surface area contributed by atoms with Crippen LogP contribution in [0.4, 0.5) is 0 Å². The molecule has 0 saturated heterocycles. The van der Waals surface area contributed by atoms with Gasteiger partial charge in [0.2, 0.25) is 0 Å². The van der Waals surface area contributed by atoms with E-state index in [1.807, 2.05) is 19.5 Å². The topological polar surface area (TPSA) is 34.2 Å². The minimum absolute atomic E-state index is 0.164. The minimum atomic E-state index is -0.164. The lowest BCUT2D eigenvalue weighted by molar-refractivity contribution is -0.0487. The molecule has 1 rings (SSSR count). The molecule has 0 spiro atoms. The lowest BCUT2D eigenvalue weighted by Crippen LogP contribution is -2.45. The first-order valence-corrected chi connectivity index (χ1v) is 7.34. The molecule has 1 aromatic rings. The molecular formula is C16H28N2O. The number of rotatable bonds is 8. The molecular weight excluding hydrogens is 236 g/mol. The van der Waals surface area contributed by atoms with Crippen LogP contribution in [0.2, 0.25) is 0 Å². The normalized spacial score (nSPS) is 13.5. The zero-order chi connectivity index (χ0) is 14.3. The number of aryl methyl sites for hydroxylation is 1. The molecule has 0 bridgehead atoms. The number of methoxy groups -OCH3 is 1. The third-order valence-electron chi connectivity index (χ3n) is 4.12. The summed E-state index contributed by atoms with van der Waals surface area (Å²) in [7, 11) is 1.82. The Morgan fingerprint density at radius 1 is 1.32 bits per heavy atom. The highest BCUT2D eigenvalue weighted by Gasteiger charge is 2.37. The van der Waals surface area contributed by atoms with Crippen molar-refractivity contribution in [2.24, 2.45) is 0 Å². The fourth-order valence-electron chi connectivity index (χ4n) is 2.71. The van der Waals surface area contributed by atoms with Gasteiger partial charge in [-0.25, -0.2) is 0 Å². The summed E-state index contributed by atoms with van der Waals surface area (Å²) in [5, 5.41) is 3.66. The molecule has 0 saturated carbocycles. The van der Waals surface area contributed by atoms with Gasteiger partial charge in [-0.15, -0.1) is 0 Å². The van der Waals surface area contributed by atoms with Gasteiger partial charge < -0.3 is 10.1 Å². The first-order valence-electron chi connectivity index (χ1n) is 7.34. The summed E-state index contributed by atoms with van der Waals surface area (Å²) in [4.78, 5) is 4.30. The minimum Gasteiger partial charge on any atom is -0.376 e. The molecule has 0 aromatic carbocycles. The Labute approximate surface area is 117 Å². The van der Waals surface area contributed by atoms with Crippen molar-refractivity contribution < 1.29 is 4.74 Å². The van der Waals surface area contributed by atoms with Gasteiger partial charge in [0.15, 0.2) is 0 Å².